The number of hydrogen-bond donors (Lipinski definition) is 2. The van der Waals surface area contributed by atoms with Gasteiger partial charge in [0.15, 0.2) is 0 Å². The molecule has 3 N–H and O–H groups in total. The number of rotatable bonds is 3. The SMILES string of the molecule is CCC1(O)CN(C(=O)C2(CN)CCC2)C1. The van der Waals surface area contributed by atoms with Crippen LogP contribution >= 0.6 is 0 Å². The maximum Gasteiger partial charge on any atom is 0.230 e. The predicted octanol–water partition coefficient (Wildman–Crippen LogP) is 0.0987. The van der Waals surface area contributed by atoms with Gasteiger partial charge in [-0.25, -0.2) is 0 Å². The fraction of sp³-hybridized carbons (Fsp3) is 0.909. The highest BCUT2D eigenvalue weighted by molar-refractivity contribution is 5.84. The van der Waals surface area contributed by atoms with Gasteiger partial charge in [0.25, 0.3) is 0 Å². The number of carbonyl (C=O) groups is 1. The first-order chi connectivity index (χ1) is 7.05. The van der Waals surface area contributed by atoms with Crippen LogP contribution in [0.15, 0.2) is 0 Å². The van der Waals surface area contributed by atoms with E-state index in [0.717, 1.165) is 19.3 Å². The smallest absolute Gasteiger partial charge is 0.230 e. The molecule has 0 bridgehead atoms. The Kier molecular flexibility index (Phi) is 2.51. The Bertz CT molecular complexity index is 262. The Labute approximate surface area is 90.4 Å². The van der Waals surface area contributed by atoms with Crippen LogP contribution in [0.4, 0.5) is 0 Å². The molecule has 0 radical (unpaired) electrons. The minimum absolute atomic E-state index is 0.161. The Morgan fingerprint density at radius 2 is 2.07 bits per heavy atom. The summed E-state index contributed by atoms with van der Waals surface area (Å²) in [4.78, 5) is 13.9. The second kappa shape index (κ2) is 3.46. The number of hydrogen-bond acceptors (Lipinski definition) is 3. The standard InChI is InChI=1S/C11H20N2O2/c1-2-11(15)7-13(8-11)9(14)10(6-12)4-3-5-10/h15H,2-8,12H2,1H3. The number of nitrogens with zero attached hydrogens (tertiary/aromatic N) is 1. The largest absolute Gasteiger partial charge is 0.386 e. The number of carbonyl (C=O) groups excluding carboxylic acids is 1. The van der Waals surface area contributed by atoms with Crippen LogP contribution in [0, 0.1) is 5.41 Å². The summed E-state index contributed by atoms with van der Waals surface area (Å²) < 4.78 is 0. The molecule has 15 heavy (non-hydrogen) atoms. The molecule has 0 unspecified atom stereocenters. The van der Waals surface area contributed by atoms with Crippen LogP contribution in [-0.4, -0.2) is 41.1 Å². The lowest BCUT2D eigenvalue weighted by Crippen LogP contribution is -2.67. The van der Waals surface area contributed by atoms with Crippen LogP contribution in [0.2, 0.25) is 0 Å². The summed E-state index contributed by atoms with van der Waals surface area (Å²) in [5.41, 5.74) is 4.76. The van der Waals surface area contributed by atoms with Crippen molar-refractivity contribution in [2.24, 2.45) is 11.1 Å². The Morgan fingerprint density at radius 3 is 2.40 bits per heavy atom. The zero-order chi connectivity index (χ0) is 11.1. The molecular weight excluding hydrogens is 192 g/mol. The highest BCUT2D eigenvalue weighted by Crippen LogP contribution is 2.43. The molecule has 2 rings (SSSR count). The van der Waals surface area contributed by atoms with Gasteiger partial charge in [0.05, 0.1) is 24.1 Å². The average Bonchev–Trinajstić information content (AvgIpc) is 2.12. The maximum absolute atomic E-state index is 12.1. The average molecular weight is 212 g/mol. The highest BCUT2D eigenvalue weighted by Gasteiger charge is 2.51. The van der Waals surface area contributed by atoms with Gasteiger partial charge in [-0.1, -0.05) is 13.3 Å². The Balaban J connectivity index is 1.94. The number of nitrogens with two attached hydrogens (primary N) is 1. The predicted molar refractivity (Wildman–Crippen MR) is 57.2 cm³/mol. The molecule has 1 saturated carbocycles. The van der Waals surface area contributed by atoms with E-state index in [1.54, 1.807) is 4.90 Å². The van der Waals surface area contributed by atoms with Crippen LogP contribution in [0.3, 0.4) is 0 Å². The second-order valence-electron chi connectivity index (χ2n) is 5.08. The van der Waals surface area contributed by atoms with Gasteiger partial charge in [-0.2, -0.15) is 0 Å². The van der Waals surface area contributed by atoms with Crippen molar-refractivity contribution >= 4 is 5.91 Å². The highest BCUT2D eigenvalue weighted by atomic mass is 16.3. The third-order valence-corrected chi connectivity index (χ3v) is 4.07. The van der Waals surface area contributed by atoms with Crippen molar-refractivity contribution in [3.63, 3.8) is 0 Å². The number of aliphatic hydroxyl groups is 1. The summed E-state index contributed by atoms with van der Waals surface area (Å²) in [5.74, 6) is 0.161. The van der Waals surface area contributed by atoms with E-state index in [2.05, 4.69) is 0 Å². The summed E-state index contributed by atoms with van der Waals surface area (Å²) in [6, 6.07) is 0. The van der Waals surface area contributed by atoms with Gasteiger partial charge >= 0.3 is 0 Å². The second-order valence-corrected chi connectivity index (χ2v) is 5.08. The van der Waals surface area contributed by atoms with Crippen molar-refractivity contribution in [2.45, 2.75) is 38.2 Å². The van der Waals surface area contributed by atoms with Gasteiger partial charge in [-0.3, -0.25) is 4.79 Å². The van der Waals surface area contributed by atoms with Crippen LogP contribution in [0.5, 0.6) is 0 Å². The zero-order valence-electron chi connectivity index (χ0n) is 9.33. The lowest BCUT2D eigenvalue weighted by atomic mass is 9.67. The van der Waals surface area contributed by atoms with Gasteiger partial charge in [-0.05, 0) is 19.3 Å². The maximum atomic E-state index is 12.1. The van der Waals surface area contributed by atoms with E-state index < -0.39 is 5.60 Å². The summed E-state index contributed by atoms with van der Waals surface area (Å²) in [5, 5.41) is 9.84. The van der Waals surface area contributed by atoms with E-state index in [0.29, 0.717) is 26.1 Å². The van der Waals surface area contributed by atoms with E-state index in [1.165, 1.54) is 0 Å². The van der Waals surface area contributed by atoms with Gasteiger partial charge in [0.1, 0.15) is 0 Å². The van der Waals surface area contributed by atoms with Gasteiger partial charge in [0, 0.05) is 6.54 Å². The third-order valence-electron chi connectivity index (χ3n) is 4.07. The fourth-order valence-electron chi connectivity index (χ4n) is 2.48. The molecule has 2 aliphatic rings. The van der Waals surface area contributed by atoms with Crippen molar-refractivity contribution < 1.29 is 9.90 Å². The van der Waals surface area contributed by atoms with Crippen molar-refractivity contribution in [1.29, 1.82) is 0 Å². The van der Waals surface area contributed by atoms with E-state index in [1.807, 2.05) is 6.92 Å². The number of amides is 1. The first-order valence-corrected chi connectivity index (χ1v) is 5.77. The molecule has 1 aliphatic carbocycles. The minimum atomic E-state index is -0.630. The van der Waals surface area contributed by atoms with Crippen molar-refractivity contribution in [2.75, 3.05) is 19.6 Å². The van der Waals surface area contributed by atoms with Crippen molar-refractivity contribution in [3.05, 3.63) is 0 Å². The topological polar surface area (TPSA) is 66.6 Å². The molecule has 0 aromatic heterocycles. The molecule has 1 heterocycles. The summed E-state index contributed by atoms with van der Waals surface area (Å²) >= 11 is 0. The van der Waals surface area contributed by atoms with Crippen molar-refractivity contribution in [3.8, 4) is 0 Å². The van der Waals surface area contributed by atoms with E-state index in [-0.39, 0.29) is 11.3 Å². The lowest BCUT2D eigenvalue weighted by molar-refractivity contribution is -0.170. The minimum Gasteiger partial charge on any atom is -0.386 e. The fourth-order valence-corrected chi connectivity index (χ4v) is 2.48. The molecule has 1 amide bonds. The van der Waals surface area contributed by atoms with Gasteiger partial charge in [0.2, 0.25) is 5.91 Å². The van der Waals surface area contributed by atoms with E-state index >= 15 is 0 Å². The zero-order valence-corrected chi connectivity index (χ0v) is 9.33. The van der Waals surface area contributed by atoms with E-state index in [4.69, 9.17) is 5.73 Å². The molecule has 4 nitrogen and oxygen atoms in total. The molecule has 4 heteroatoms. The molecule has 2 fully saturated rings. The summed E-state index contributed by atoms with van der Waals surface area (Å²) in [6.07, 6.45) is 3.66. The lowest BCUT2D eigenvalue weighted by Gasteiger charge is -2.51. The Hall–Kier alpha value is -0.610. The summed E-state index contributed by atoms with van der Waals surface area (Å²) in [7, 11) is 0. The molecule has 0 aromatic carbocycles. The van der Waals surface area contributed by atoms with Crippen LogP contribution in [-0.2, 0) is 4.79 Å². The van der Waals surface area contributed by atoms with Crippen LogP contribution in [0.25, 0.3) is 0 Å². The van der Waals surface area contributed by atoms with Crippen LogP contribution < -0.4 is 5.73 Å². The first kappa shape index (κ1) is 10.9. The van der Waals surface area contributed by atoms with Crippen molar-refractivity contribution in [1.82, 2.24) is 4.90 Å². The summed E-state index contributed by atoms with van der Waals surface area (Å²) in [6.45, 7) is 3.38. The number of likely N-dealkylation sites (tertiary alicyclic amines) is 1. The van der Waals surface area contributed by atoms with Crippen LogP contribution in [0.1, 0.15) is 32.6 Å². The number of β-amino-alcohol motifs (C(OH)–C–C–N with tert-alkyl or cyclic N) is 1. The van der Waals surface area contributed by atoms with Gasteiger partial charge in [-0.15, -0.1) is 0 Å². The third kappa shape index (κ3) is 1.56. The molecule has 1 saturated heterocycles. The van der Waals surface area contributed by atoms with E-state index in [9.17, 15) is 9.90 Å². The molecule has 0 spiro atoms. The molecule has 0 aromatic rings. The Morgan fingerprint density at radius 1 is 1.47 bits per heavy atom. The molecule has 1 aliphatic heterocycles. The molecule has 86 valence electrons. The first-order valence-electron chi connectivity index (χ1n) is 5.77. The normalized spacial score (nSPS) is 26.7. The van der Waals surface area contributed by atoms with Gasteiger partial charge < -0.3 is 15.7 Å². The quantitative estimate of drug-likeness (QED) is 0.697. The molecular formula is C11H20N2O2. The monoisotopic (exact) mass is 212 g/mol. The molecule has 0 atom stereocenters.